The maximum Gasteiger partial charge on any atom is 0.153 e. The van der Waals surface area contributed by atoms with E-state index in [1.54, 1.807) is 12.1 Å². The molecule has 0 saturated carbocycles. The number of phenolic OH excluding ortho intramolecular Hbond substituents is 1. The zero-order valence-electron chi connectivity index (χ0n) is 18.0. The third kappa shape index (κ3) is 5.26. The first kappa shape index (κ1) is 22.2. The minimum atomic E-state index is -0.136. The number of aldehydes is 1. The lowest BCUT2D eigenvalue weighted by Gasteiger charge is -2.26. The summed E-state index contributed by atoms with van der Waals surface area (Å²) in [5.74, 6) is 1.03. The van der Waals surface area contributed by atoms with Crippen LogP contribution in [0.3, 0.4) is 0 Å². The zero-order valence-corrected chi connectivity index (χ0v) is 18.0. The first-order chi connectivity index (χ1) is 13.5. The van der Waals surface area contributed by atoms with Crippen LogP contribution in [0.2, 0.25) is 0 Å². The van der Waals surface area contributed by atoms with E-state index in [9.17, 15) is 9.90 Å². The van der Waals surface area contributed by atoms with Crippen LogP contribution in [0.25, 0.3) is 6.08 Å². The molecule has 0 saturated heterocycles. The Kier molecular flexibility index (Phi) is 6.54. The number of fused-ring (bicyclic) bond motifs is 1. The number of ether oxygens (including phenoxy) is 1. The number of nitrogens with zero attached hydrogens (tertiary/aromatic N) is 1. The minimum absolute atomic E-state index is 0.0589. The van der Waals surface area contributed by atoms with Gasteiger partial charge in [0.2, 0.25) is 0 Å². The van der Waals surface area contributed by atoms with E-state index in [-0.39, 0.29) is 16.6 Å². The normalized spacial score (nSPS) is 13.1. The lowest BCUT2D eigenvalue weighted by molar-refractivity contribution is 0.112. The van der Waals surface area contributed by atoms with Crippen molar-refractivity contribution in [2.75, 3.05) is 6.61 Å². The van der Waals surface area contributed by atoms with Crippen molar-refractivity contribution in [1.29, 1.82) is 5.26 Å². The van der Waals surface area contributed by atoms with Crippen molar-refractivity contribution in [2.24, 2.45) is 0 Å². The Morgan fingerprint density at radius 2 is 1.59 bits per heavy atom. The van der Waals surface area contributed by atoms with Gasteiger partial charge in [0.15, 0.2) is 6.29 Å². The Balaban J connectivity index is 0.000000212. The Bertz CT molecular complexity index is 967. The number of rotatable bonds is 1. The van der Waals surface area contributed by atoms with Gasteiger partial charge in [-0.15, -0.1) is 0 Å². The smallest absolute Gasteiger partial charge is 0.153 e. The van der Waals surface area contributed by atoms with Gasteiger partial charge in [-0.3, -0.25) is 4.79 Å². The van der Waals surface area contributed by atoms with Crippen LogP contribution in [0.1, 0.15) is 68.6 Å². The topological polar surface area (TPSA) is 70.3 Å². The summed E-state index contributed by atoms with van der Waals surface area (Å²) in [5.41, 5.74) is 3.96. The molecule has 0 atom stereocenters. The molecule has 0 amide bonds. The van der Waals surface area contributed by atoms with Crippen molar-refractivity contribution in [3.63, 3.8) is 0 Å². The Morgan fingerprint density at radius 1 is 1.00 bits per heavy atom. The van der Waals surface area contributed by atoms with Crippen LogP contribution in [-0.4, -0.2) is 18.0 Å². The van der Waals surface area contributed by atoms with Crippen molar-refractivity contribution in [3.8, 4) is 17.6 Å². The second-order valence-corrected chi connectivity index (χ2v) is 9.16. The molecule has 0 unspecified atom stereocenters. The van der Waals surface area contributed by atoms with Crippen LogP contribution in [0.4, 0.5) is 0 Å². The van der Waals surface area contributed by atoms with Crippen molar-refractivity contribution in [1.82, 2.24) is 0 Å². The van der Waals surface area contributed by atoms with Gasteiger partial charge in [0.05, 0.1) is 17.2 Å². The summed E-state index contributed by atoms with van der Waals surface area (Å²) in [6.45, 7) is 12.9. The number of nitriles is 1. The van der Waals surface area contributed by atoms with Crippen LogP contribution in [0.5, 0.6) is 11.5 Å². The molecule has 0 bridgehead atoms. The van der Waals surface area contributed by atoms with Crippen LogP contribution in [0.15, 0.2) is 42.0 Å². The first-order valence-electron chi connectivity index (χ1n) is 9.63. The van der Waals surface area contributed by atoms with Crippen molar-refractivity contribution in [3.05, 3.63) is 64.2 Å². The van der Waals surface area contributed by atoms with Crippen LogP contribution in [0, 0.1) is 11.3 Å². The van der Waals surface area contributed by atoms with Gasteiger partial charge in [-0.25, -0.2) is 0 Å². The lowest BCUT2D eigenvalue weighted by atomic mass is 9.84. The first-order valence-corrected chi connectivity index (χ1v) is 9.63. The van der Waals surface area contributed by atoms with Crippen LogP contribution >= 0.6 is 0 Å². The highest BCUT2D eigenvalue weighted by molar-refractivity contribution is 5.80. The second-order valence-electron chi connectivity index (χ2n) is 9.16. The monoisotopic (exact) mass is 391 g/mol. The standard InChI is InChI=1S/C14H15NO.C11H14O2/c1-14(2,3)12-6-4-5-11-7-10(8-15)9-16-13(11)12;1-11(2,3)9-6-4-5-8(7-12)10(9)13/h4-7H,9H2,1-3H3;4-7,13H,1-3H3. The van der Waals surface area contributed by atoms with Gasteiger partial charge in [-0.1, -0.05) is 71.9 Å². The Labute approximate surface area is 173 Å². The number of phenols is 1. The summed E-state index contributed by atoms with van der Waals surface area (Å²) in [7, 11) is 0. The molecule has 152 valence electrons. The van der Waals surface area contributed by atoms with Crippen molar-refractivity contribution >= 4 is 12.4 Å². The third-order valence-corrected chi connectivity index (χ3v) is 4.70. The molecule has 2 aromatic rings. The molecular weight excluding hydrogens is 362 g/mol. The summed E-state index contributed by atoms with van der Waals surface area (Å²) in [6.07, 6.45) is 2.58. The molecule has 0 fully saturated rings. The number of hydrogen-bond donors (Lipinski definition) is 1. The molecule has 1 heterocycles. The Hall–Kier alpha value is -3.06. The van der Waals surface area contributed by atoms with E-state index in [2.05, 4.69) is 32.9 Å². The zero-order chi connectivity index (χ0) is 21.8. The molecule has 1 aliphatic heterocycles. The summed E-state index contributed by atoms with van der Waals surface area (Å²) >= 11 is 0. The molecule has 29 heavy (non-hydrogen) atoms. The number of carbonyl (C=O) groups excluding carboxylic acids is 1. The molecule has 4 heteroatoms. The van der Waals surface area contributed by atoms with Crippen molar-refractivity contribution in [2.45, 2.75) is 52.4 Å². The predicted molar refractivity (Wildman–Crippen MR) is 116 cm³/mol. The van der Waals surface area contributed by atoms with Gasteiger partial charge >= 0.3 is 0 Å². The highest BCUT2D eigenvalue weighted by Gasteiger charge is 2.23. The largest absolute Gasteiger partial charge is 0.507 e. The number of aromatic hydroxyl groups is 1. The van der Waals surface area contributed by atoms with Gasteiger partial charge in [0.1, 0.15) is 18.1 Å². The number of hydrogen-bond acceptors (Lipinski definition) is 4. The quantitative estimate of drug-likeness (QED) is 0.625. The fourth-order valence-corrected chi connectivity index (χ4v) is 3.13. The molecule has 3 rings (SSSR count). The number of para-hydroxylation sites is 2. The molecular formula is C25H29NO3. The lowest BCUT2D eigenvalue weighted by Crippen LogP contribution is -2.16. The SMILES string of the molecule is CC(C)(C)c1cccc(C=O)c1O.CC(C)(C)c1cccc2c1OCC(C#N)=C2. The average molecular weight is 392 g/mol. The van der Waals surface area contributed by atoms with E-state index in [4.69, 9.17) is 10.00 Å². The summed E-state index contributed by atoms with van der Waals surface area (Å²) in [6, 6.07) is 13.5. The van der Waals surface area contributed by atoms with Gasteiger partial charge in [-0.2, -0.15) is 5.26 Å². The van der Waals surface area contributed by atoms with E-state index >= 15 is 0 Å². The fourth-order valence-electron chi connectivity index (χ4n) is 3.13. The predicted octanol–water partition coefficient (Wildman–Crippen LogP) is 5.79. The molecule has 0 radical (unpaired) electrons. The van der Waals surface area contributed by atoms with E-state index < -0.39 is 0 Å². The maximum atomic E-state index is 10.5. The number of benzene rings is 2. The van der Waals surface area contributed by atoms with E-state index in [0.717, 1.165) is 16.9 Å². The highest BCUT2D eigenvalue weighted by atomic mass is 16.5. The molecule has 1 N–H and O–H groups in total. The summed E-state index contributed by atoms with van der Waals surface area (Å²) in [4.78, 5) is 10.5. The minimum Gasteiger partial charge on any atom is -0.507 e. The molecule has 4 nitrogen and oxygen atoms in total. The van der Waals surface area contributed by atoms with Gasteiger partial charge in [-0.05, 0) is 28.5 Å². The molecule has 2 aromatic carbocycles. The average Bonchev–Trinajstić information content (AvgIpc) is 2.66. The van der Waals surface area contributed by atoms with E-state index in [1.807, 2.05) is 45.0 Å². The molecule has 0 aliphatic carbocycles. The summed E-state index contributed by atoms with van der Waals surface area (Å²) in [5, 5.41) is 18.5. The third-order valence-electron chi connectivity index (χ3n) is 4.70. The van der Waals surface area contributed by atoms with Crippen molar-refractivity contribution < 1.29 is 14.6 Å². The highest BCUT2D eigenvalue weighted by Crippen LogP contribution is 2.37. The van der Waals surface area contributed by atoms with E-state index in [0.29, 0.717) is 24.0 Å². The van der Waals surface area contributed by atoms with E-state index in [1.165, 1.54) is 5.56 Å². The fraction of sp³-hybridized carbons (Fsp3) is 0.360. The molecule has 1 aliphatic rings. The van der Waals surface area contributed by atoms with Gasteiger partial charge in [0.25, 0.3) is 0 Å². The van der Waals surface area contributed by atoms with Gasteiger partial charge < -0.3 is 9.84 Å². The Morgan fingerprint density at radius 3 is 2.14 bits per heavy atom. The molecule has 0 aromatic heterocycles. The maximum absolute atomic E-state index is 10.5. The molecule has 0 spiro atoms. The van der Waals surface area contributed by atoms with Crippen LogP contribution < -0.4 is 4.74 Å². The van der Waals surface area contributed by atoms with Gasteiger partial charge in [0, 0.05) is 11.1 Å². The second kappa shape index (κ2) is 8.53. The van der Waals surface area contributed by atoms with Crippen LogP contribution in [-0.2, 0) is 10.8 Å². The number of carbonyl (C=O) groups is 1. The summed E-state index contributed by atoms with van der Waals surface area (Å²) < 4.78 is 5.69.